The second-order valence-corrected chi connectivity index (χ2v) is 8.53. The van der Waals surface area contributed by atoms with Gasteiger partial charge in [0.25, 0.3) is 5.91 Å². The van der Waals surface area contributed by atoms with Crippen molar-refractivity contribution in [1.29, 1.82) is 5.41 Å². The number of thiophene rings is 1. The van der Waals surface area contributed by atoms with Crippen LogP contribution in [-0.4, -0.2) is 11.7 Å². The van der Waals surface area contributed by atoms with Crippen LogP contribution in [0.4, 0.5) is 0 Å². The minimum atomic E-state index is -0.951. The van der Waals surface area contributed by atoms with E-state index in [0.717, 1.165) is 15.6 Å². The van der Waals surface area contributed by atoms with Crippen LogP contribution in [0.2, 0.25) is 5.02 Å². The van der Waals surface area contributed by atoms with Gasteiger partial charge in [-0.3, -0.25) is 15.0 Å². The molecule has 3 aromatic carbocycles. The Morgan fingerprint density at radius 2 is 1.81 bits per heavy atom. The minimum Gasteiger partial charge on any atom is -0.476 e. The number of nitrogens with two attached hydrogens (primary N) is 1. The van der Waals surface area contributed by atoms with Crippen molar-refractivity contribution in [3.05, 3.63) is 99.9 Å². The van der Waals surface area contributed by atoms with Crippen LogP contribution in [0, 0.1) is 5.41 Å². The first-order valence-electron chi connectivity index (χ1n) is 9.75. The van der Waals surface area contributed by atoms with Crippen LogP contribution in [0.5, 0.6) is 5.75 Å². The van der Waals surface area contributed by atoms with Gasteiger partial charge in [0.2, 0.25) is 6.10 Å². The summed E-state index contributed by atoms with van der Waals surface area (Å²) in [6.07, 6.45) is -0.951. The Hall–Kier alpha value is -3.39. The molecule has 0 saturated heterocycles. The summed E-state index contributed by atoms with van der Waals surface area (Å²) in [6.45, 7) is 0.231. The lowest BCUT2D eigenvalue weighted by molar-refractivity contribution is -0.142. The minimum absolute atomic E-state index is 0.0163. The Morgan fingerprint density at radius 1 is 1.06 bits per heavy atom. The summed E-state index contributed by atoms with van der Waals surface area (Å²) in [5.41, 5.74) is 9.64. The highest BCUT2D eigenvalue weighted by atomic mass is 35.5. The van der Waals surface area contributed by atoms with Crippen molar-refractivity contribution in [3.63, 3.8) is 0 Å². The van der Waals surface area contributed by atoms with Gasteiger partial charge in [-0.05, 0) is 47.3 Å². The molecule has 1 aromatic heterocycles. The number of rotatable bonds is 8. The van der Waals surface area contributed by atoms with Gasteiger partial charge >= 0.3 is 0 Å². The second kappa shape index (κ2) is 9.82. The first kappa shape index (κ1) is 21.8. The van der Waals surface area contributed by atoms with Crippen molar-refractivity contribution in [2.45, 2.75) is 12.7 Å². The third-order valence-electron chi connectivity index (χ3n) is 4.68. The number of hydrogen-bond acceptors (Lipinski definition) is 5. The van der Waals surface area contributed by atoms with Gasteiger partial charge in [-0.25, -0.2) is 5.48 Å². The molecule has 0 spiro atoms. The van der Waals surface area contributed by atoms with Gasteiger partial charge in [0.1, 0.15) is 11.6 Å². The molecule has 1 amide bonds. The molecule has 0 bridgehead atoms. The zero-order valence-electron chi connectivity index (χ0n) is 16.9. The van der Waals surface area contributed by atoms with Crippen LogP contribution in [-0.2, 0) is 16.2 Å². The molecule has 0 saturated carbocycles. The number of fused-ring (bicyclic) bond motifs is 1. The van der Waals surface area contributed by atoms with Gasteiger partial charge in [-0.15, -0.1) is 11.3 Å². The van der Waals surface area contributed by atoms with Crippen LogP contribution >= 0.6 is 22.9 Å². The number of benzene rings is 3. The average Bonchev–Trinajstić information content (AvgIpc) is 3.23. The molecule has 4 aromatic rings. The number of nitrogen functional groups attached to an aromatic ring is 1. The van der Waals surface area contributed by atoms with Crippen LogP contribution in [0.15, 0.2) is 78.9 Å². The molecular formula is C24H20ClN3O3S. The number of halogens is 1. The van der Waals surface area contributed by atoms with Gasteiger partial charge < -0.3 is 10.5 Å². The highest BCUT2D eigenvalue weighted by Gasteiger charge is 2.23. The third-order valence-corrected chi connectivity index (χ3v) is 6.06. The number of hydroxylamine groups is 1. The molecule has 32 heavy (non-hydrogen) atoms. The molecule has 1 heterocycles. The second-order valence-electron chi connectivity index (χ2n) is 7.01. The molecule has 162 valence electrons. The van der Waals surface area contributed by atoms with E-state index in [1.165, 1.54) is 11.3 Å². The molecule has 0 aliphatic heterocycles. The van der Waals surface area contributed by atoms with Crippen LogP contribution in [0.3, 0.4) is 0 Å². The van der Waals surface area contributed by atoms with Crippen molar-refractivity contribution in [2.24, 2.45) is 5.73 Å². The molecule has 1 atom stereocenters. The van der Waals surface area contributed by atoms with Crippen molar-refractivity contribution in [2.75, 3.05) is 0 Å². The smallest absolute Gasteiger partial charge is 0.289 e. The summed E-state index contributed by atoms with van der Waals surface area (Å²) in [4.78, 5) is 19.0. The van der Waals surface area contributed by atoms with Crippen LogP contribution in [0.25, 0.3) is 10.1 Å². The molecule has 0 aliphatic rings. The number of carbonyl (C=O) groups is 1. The summed E-state index contributed by atoms with van der Waals surface area (Å²) < 4.78 is 6.98. The standard InChI is InChI=1S/C24H20ClN3O3S/c25-18-9-6-16(7-10-18)22(24(29)28-30-14-15-4-2-1-3-5-15)31-19-11-8-17-12-21(23(26)27)32-20(17)13-19/h1-13,22H,14H2,(H3,26,27)(H,28,29). The Bertz CT molecular complexity index is 1240. The largest absolute Gasteiger partial charge is 0.476 e. The normalized spacial score (nSPS) is 11.8. The van der Waals surface area contributed by atoms with Gasteiger partial charge in [-0.1, -0.05) is 54.1 Å². The summed E-state index contributed by atoms with van der Waals surface area (Å²) in [5, 5.41) is 9.14. The molecule has 4 rings (SSSR count). The first-order chi connectivity index (χ1) is 15.5. The Kier molecular flexibility index (Phi) is 6.70. The zero-order valence-corrected chi connectivity index (χ0v) is 18.5. The molecule has 0 aliphatic carbocycles. The molecular weight excluding hydrogens is 446 g/mol. The summed E-state index contributed by atoms with van der Waals surface area (Å²) >= 11 is 7.40. The van der Waals surface area contributed by atoms with Crippen LogP contribution < -0.4 is 16.0 Å². The van der Waals surface area contributed by atoms with Gasteiger partial charge in [0, 0.05) is 15.3 Å². The predicted molar refractivity (Wildman–Crippen MR) is 127 cm³/mol. The summed E-state index contributed by atoms with van der Waals surface area (Å²) in [5.74, 6) is 0.0780. The highest BCUT2D eigenvalue weighted by Crippen LogP contribution is 2.31. The number of amidine groups is 1. The van der Waals surface area contributed by atoms with E-state index in [4.69, 9.17) is 32.3 Å². The first-order valence-corrected chi connectivity index (χ1v) is 10.9. The fraction of sp³-hybridized carbons (Fsp3) is 0.0833. The monoisotopic (exact) mass is 465 g/mol. The summed E-state index contributed by atoms with van der Waals surface area (Å²) in [7, 11) is 0. The quantitative estimate of drug-likeness (QED) is 0.189. The number of ether oxygens (including phenoxy) is 1. The zero-order chi connectivity index (χ0) is 22.5. The number of carbonyl (C=O) groups excluding carboxylic acids is 1. The van der Waals surface area contributed by atoms with E-state index < -0.39 is 12.0 Å². The van der Waals surface area contributed by atoms with Crippen molar-refractivity contribution < 1.29 is 14.4 Å². The molecule has 4 N–H and O–H groups in total. The molecule has 8 heteroatoms. The van der Waals surface area contributed by atoms with Crippen LogP contribution in [0.1, 0.15) is 22.1 Å². The topological polar surface area (TPSA) is 97.4 Å². The highest BCUT2D eigenvalue weighted by molar-refractivity contribution is 7.20. The molecule has 1 unspecified atom stereocenters. The maximum absolute atomic E-state index is 12.9. The summed E-state index contributed by atoms with van der Waals surface area (Å²) in [6, 6.07) is 23.7. The Labute approximate surface area is 194 Å². The van der Waals surface area contributed by atoms with Crippen molar-refractivity contribution in [3.8, 4) is 5.75 Å². The van der Waals surface area contributed by atoms with Gasteiger partial charge in [0.15, 0.2) is 0 Å². The average molecular weight is 466 g/mol. The fourth-order valence-corrected chi connectivity index (χ4v) is 4.16. The Balaban J connectivity index is 1.53. The van der Waals surface area contributed by atoms with Gasteiger partial charge in [0.05, 0.1) is 11.5 Å². The van der Waals surface area contributed by atoms with Gasteiger partial charge in [-0.2, -0.15) is 0 Å². The molecule has 6 nitrogen and oxygen atoms in total. The number of nitrogens with one attached hydrogen (secondary N) is 2. The fourth-order valence-electron chi connectivity index (χ4n) is 3.08. The maximum Gasteiger partial charge on any atom is 0.289 e. The van der Waals surface area contributed by atoms with E-state index in [2.05, 4.69) is 5.48 Å². The molecule has 0 radical (unpaired) electrons. The van der Waals surface area contributed by atoms with E-state index >= 15 is 0 Å². The lowest BCUT2D eigenvalue weighted by Crippen LogP contribution is -2.32. The van der Waals surface area contributed by atoms with E-state index in [-0.39, 0.29) is 12.4 Å². The maximum atomic E-state index is 12.9. The lowest BCUT2D eigenvalue weighted by atomic mass is 10.1. The van der Waals surface area contributed by atoms with E-state index in [1.54, 1.807) is 30.3 Å². The number of hydrogen-bond donors (Lipinski definition) is 3. The van der Waals surface area contributed by atoms with Crippen molar-refractivity contribution >= 4 is 44.8 Å². The van der Waals surface area contributed by atoms with Crippen molar-refractivity contribution in [1.82, 2.24) is 5.48 Å². The lowest BCUT2D eigenvalue weighted by Gasteiger charge is -2.19. The van der Waals surface area contributed by atoms with E-state index in [0.29, 0.717) is 21.2 Å². The predicted octanol–water partition coefficient (Wildman–Crippen LogP) is 5.21. The third kappa shape index (κ3) is 5.26. The SMILES string of the molecule is N=C(N)c1cc2ccc(OC(C(=O)NOCc3ccccc3)c3ccc(Cl)cc3)cc2s1. The molecule has 0 fully saturated rings. The number of amides is 1. The Morgan fingerprint density at radius 3 is 2.53 bits per heavy atom. The van der Waals surface area contributed by atoms with E-state index in [9.17, 15) is 4.79 Å². The van der Waals surface area contributed by atoms with E-state index in [1.807, 2.05) is 48.5 Å².